The molecule has 1 aromatic rings. The van der Waals surface area contributed by atoms with E-state index in [9.17, 15) is 4.39 Å². The number of benzene rings is 1. The molecule has 112 valence electrons. The van der Waals surface area contributed by atoms with Gasteiger partial charge in [0.2, 0.25) is 0 Å². The normalized spacial score (nSPS) is 14.8. The zero-order valence-corrected chi connectivity index (χ0v) is 12.4. The molecule has 0 spiro atoms. The van der Waals surface area contributed by atoms with E-state index in [1.54, 1.807) is 6.07 Å². The van der Waals surface area contributed by atoms with E-state index in [1.165, 1.54) is 18.9 Å². The summed E-state index contributed by atoms with van der Waals surface area (Å²) < 4.78 is 13.5. The van der Waals surface area contributed by atoms with Crippen molar-refractivity contribution in [1.82, 2.24) is 5.32 Å². The number of nitrogens with zero attached hydrogens (tertiary/aromatic N) is 1. The van der Waals surface area contributed by atoms with Crippen LogP contribution in [0.5, 0.6) is 0 Å². The van der Waals surface area contributed by atoms with Gasteiger partial charge in [-0.3, -0.25) is 0 Å². The first-order valence-electron chi connectivity index (χ1n) is 7.51. The van der Waals surface area contributed by atoms with E-state index >= 15 is 0 Å². The Morgan fingerprint density at radius 1 is 1.40 bits per heavy atom. The summed E-state index contributed by atoms with van der Waals surface area (Å²) in [6.45, 7) is 5.92. The van der Waals surface area contributed by atoms with Crippen molar-refractivity contribution < 1.29 is 9.50 Å². The predicted molar refractivity (Wildman–Crippen MR) is 80.4 cm³/mol. The quantitative estimate of drug-likeness (QED) is 0.768. The number of rotatable bonds is 8. The van der Waals surface area contributed by atoms with Crippen LogP contribution in [0.15, 0.2) is 18.2 Å². The first-order valence-corrected chi connectivity index (χ1v) is 7.51. The molecule has 4 heteroatoms. The van der Waals surface area contributed by atoms with E-state index in [0.29, 0.717) is 18.6 Å². The van der Waals surface area contributed by atoms with Crippen LogP contribution in [0.1, 0.15) is 38.7 Å². The Hall–Kier alpha value is -1.13. The van der Waals surface area contributed by atoms with Crippen LogP contribution in [0.25, 0.3) is 0 Å². The van der Waals surface area contributed by atoms with E-state index in [-0.39, 0.29) is 12.4 Å². The maximum atomic E-state index is 13.5. The third-order valence-corrected chi connectivity index (χ3v) is 3.69. The molecule has 0 heterocycles. The van der Waals surface area contributed by atoms with Gasteiger partial charge in [0.1, 0.15) is 5.82 Å². The van der Waals surface area contributed by atoms with Gasteiger partial charge in [-0.2, -0.15) is 0 Å². The molecule has 0 saturated heterocycles. The number of nitrogens with one attached hydrogen (secondary N) is 1. The molecule has 1 aliphatic rings. The summed E-state index contributed by atoms with van der Waals surface area (Å²) in [6.07, 6.45) is 3.18. The first kappa shape index (κ1) is 15.3. The molecule has 0 bridgehead atoms. The number of hydrogen-bond donors (Lipinski definition) is 2. The third kappa shape index (κ3) is 4.18. The van der Waals surface area contributed by atoms with Gasteiger partial charge in [0, 0.05) is 37.5 Å². The Morgan fingerprint density at radius 2 is 2.15 bits per heavy atom. The van der Waals surface area contributed by atoms with Crippen molar-refractivity contribution >= 4 is 5.69 Å². The lowest BCUT2D eigenvalue weighted by Gasteiger charge is -2.31. The highest BCUT2D eigenvalue weighted by Crippen LogP contribution is 2.26. The molecule has 1 saturated carbocycles. The minimum absolute atomic E-state index is 0.181. The molecule has 3 nitrogen and oxygen atoms in total. The fraction of sp³-hybridized carbons (Fsp3) is 0.625. The first-order chi connectivity index (χ1) is 9.61. The van der Waals surface area contributed by atoms with E-state index < -0.39 is 0 Å². The van der Waals surface area contributed by atoms with Crippen molar-refractivity contribution in [1.29, 1.82) is 0 Å². The van der Waals surface area contributed by atoms with Gasteiger partial charge >= 0.3 is 0 Å². The van der Waals surface area contributed by atoms with Gasteiger partial charge in [-0.1, -0.05) is 0 Å². The molecule has 0 unspecified atom stereocenters. The predicted octanol–water partition coefficient (Wildman–Crippen LogP) is 2.67. The van der Waals surface area contributed by atoms with Gasteiger partial charge in [0.25, 0.3) is 0 Å². The monoisotopic (exact) mass is 280 g/mol. The largest absolute Gasteiger partial charge is 0.396 e. The minimum atomic E-state index is -0.188. The fourth-order valence-electron chi connectivity index (χ4n) is 2.42. The Morgan fingerprint density at radius 3 is 2.75 bits per heavy atom. The number of hydrogen-bond acceptors (Lipinski definition) is 3. The highest BCUT2D eigenvalue weighted by Gasteiger charge is 2.21. The Balaban J connectivity index is 2.16. The SMILES string of the molecule is CC(C)N(CCCO)c1ccc(F)cc1CNC1CC1. The molecule has 2 N–H and O–H groups in total. The van der Waals surface area contributed by atoms with Crippen molar-refractivity contribution in [3.05, 3.63) is 29.6 Å². The zero-order valence-electron chi connectivity index (χ0n) is 12.4. The molecule has 1 aliphatic carbocycles. The van der Waals surface area contributed by atoms with E-state index in [2.05, 4.69) is 24.1 Å². The standard InChI is InChI=1S/C16H25FN2O/c1-12(2)19(8-3-9-20)16-7-4-14(17)10-13(16)11-18-15-5-6-15/h4,7,10,12,15,18,20H,3,5-6,8-9,11H2,1-2H3. The maximum Gasteiger partial charge on any atom is 0.123 e. The maximum absolute atomic E-state index is 13.5. The molecule has 0 radical (unpaired) electrons. The number of halogens is 1. The summed E-state index contributed by atoms with van der Waals surface area (Å²) in [4.78, 5) is 2.24. The van der Waals surface area contributed by atoms with Crippen LogP contribution in [-0.4, -0.2) is 30.3 Å². The topological polar surface area (TPSA) is 35.5 Å². The van der Waals surface area contributed by atoms with Crippen LogP contribution in [0, 0.1) is 5.82 Å². The average molecular weight is 280 g/mol. The van der Waals surface area contributed by atoms with E-state index in [1.807, 2.05) is 6.07 Å². The number of aliphatic hydroxyl groups excluding tert-OH is 1. The van der Waals surface area contributed by atoms with Crippen LogP contribution >= 0.6 is 0 Å². The van der Waals surface area contributed by atoms with Crippen molar-refractivity contribution in [2.75, 3.05) is 18.1 Å². The summed E-state index contributed by atoms with van der Waals surface area (Å²) in [6, 6.07) is 5.93. The Bertz CT molecular complexity index is 432. The molecule has 20 heavy (non-hydrogen) atoms. The van der Waals surface area contributed by atoms with Crippen LogP contribution < -0.4 is 10.2 Å². The summed E-state index contributed by atoms with van der Waals surface area (Å²) in [5.74, 6) is -0.188. The summed E-state index contributed by atoms with van der Waals surface area (Å²) in [5, 5.41) is 12.5. The highest BCUT2D eigenvalue weighted by atomic mass is 19.1. The van der Waals surface area contributed by atoms with Crippen LogP contribution in [0.4, 0.5) is 10.1 Å². The van der Waals surface area contributed by atoms with Crippen LogP contribution in [0.3, 0.4) is 0 Å². The molecule has 0 aliphatic heterocycles. The highest BCUT2D eigenvalue weighted by molar-refractivity contribution is 5.54. The Labute approximate surface area is 120 Å². The van der Waals surface area contributed by atoms with Gasteiger partial charge in [0.15, 0.2) is 0 Å². The summed E-state index contributed by atoms with van der Waals surface area (Å²) >= 11 is 0. The summed E-state index contributed by atoms with van der Waals surface area (Å²) in [7, 11) is 0. The van der Waals surface area contributed by atoms with Gasteiger partial charge in [-0.15, -0.1) is 0 Å². The molecule has 1 aromatic carbocycles. The van der Waals surface area contributed by atoms with Gasteiger partial charge < -0.3 is 15.3 Å². The zero-order chi connectivity index (χ0) is 14.5. The second kappa shape index (κ2) is 7.04. The van der Waals surface area contributed by atoms with Crippen molar-refractivity contribution in [3.63, 3.8) is 0 Å². The smallest absolute Gasteiger partial charge is 0.123 e. The van der Waals surface area contributed by atoms with Crippen LogP contribution in [-0.2, 0) is 6.54 Å². The van der Waals surface area contributed by atoms with Gasteiger partial charge in [-0.25, -0.2) is 4.39 Å². The lowest BCUT2D eigenvalue weighted by Crippen LogP contribution is -2.33. The number of anilines is 1. The number of aliphatic hydroxyl groups is 1. The van der Waals surface area contributed by atoms with Crippen LogP contribution in [0.2, 0.25) is 0 Å². The van der Waals surface area contributed by atoms with Gasteiger partial charge in [-0.05, 0) is 56.9 Å². The lowest BCUT2D eigenvalue weighted by atomic mass is 10.1. The molecule has 1 fully saturated rings. The van der Waals surface area contributed by atoms with Gasteiger partial charge in [0.05, 0.1) is 0 Å². The van der Waals surface area contributed by atoms with Crippen molar-refractivity contribution in [2.45, 2.75) is 51.7 Å². The minimum Gasteiger partial charge on any atom is -0.396 e. The molecule has 0 atom stereocenters. The molecule has 0 aromatic heterocycles. The van der Waals surface area contributed by atoms with E-state index in [0.717, 1.165) is 24.2 Å². The van der Waals surface area contributed by atoms with E-state index in [4.69, 9.17) is 5.11 Å². The second-order valence-electron chi connectivity index (χ2n) is 5.79. The lowest BCUT2D eigenvalue weighted by molar-refractivity contribution is 0.288. The average Bonchev–Trinajstić information content (AvgIpc) is 3.22. The fourth-order valence-corrected chi connectivity index (χ4v) is 2.42. The van der Waals surface area contributed by atoms with Crippen molar-refractivity contribution in [3.8, 4) is 0 Å². The summed E-state index contributed by atoms with van der Waals surface area (Å²) in [5.41, 5.74) is 2.08. The third-order valence-electron chi connectivity index (χ3n) is 3.69. The molecule has 0 amide bonds. The molecule has 2 rings (SSSR count). The second-order valence-corrected chi connectivity index (χ2v) is 5.79. The Kier molecular flexibility index (Phi) is 5.38. The van der Waals surface area contributed by atoms with Crippen molar-refractivity contribution in [2.24, 2.45) is 0 Å². The molecular formula is C16H25FN2O. The molecular weight excluding hydrogens is 255 g/mol.